The molecule has 0 saturated carbocycles. The van der Waals surface area contributed by atoms with Crippen molar-refractivity contribution < 1.29 is 9.53 Å². The van der Waals surface area contributed by atoms with Gasteiger partial charge in [-0.25, -0.2) is 0 Å². The number of nitrogens with one attached hydrogen (secondary N) is 1. The number of para-hydroxylation sites is 1. The van der Waals surface area contributed by atoms with Crippen molar-refractivity contribution in [2.75, 3.05) is 32.8 Å². The normalized spacial score (nSPS) is 15.8. The highest BCUT2D eigenvalue weighted by molar-refractivity contribution is 5.76. The summed E-state index contributed by atoms with van der Waals surface area (Å²) in [6, 6.07) is 7.97. The Morgan fingerprint density at radius 2 is 2.15 bits per heavy atom. The Morgan fingerprint density at radius 3 is 3.00 bits per heavy atom. The number of benzene rings is 1. The van der Waals surface area contributed by atoms with Gasteiger partial charge in [0.25, 0.3) is 0 Å². The summed E-state index contributed by atoms with van der Waals surface area (Å²) in [6.07, 6.45) is 2.40. The standard InChI is InChI=1S/C16H24N2O2/c1-14-6-2-3-7-15(14)20-13-4-8-16(19)18-11-5-9-17-10-12-18/h2-3,6-7,17H,4-5,8-13H2,1H3. The van der Waals surface area contributed by atoms with Crippen LogP contribution in [0.1, 0.15) is 24.8 Å². The first-order valence-electron chi connectivity index (χ1n) is 7.44. The number of ether oxygens (including phenoxy) is 1. The van der Waals surface area contributed by atoms with E-state index in [9.17, 15) is 4.79 Å². The van der Waals surface area contributed by atoms with Crippen molar-refractivity contribution in [2.45, 2.75) is 26.2 Å². The summed E-state index contributed by atoms with van der Waals surface area (Å²) in [5.41, 5.74) is 1.14. The summed E-state index contributed by atoms with van der Waals surface area (Å²) in [7, 11) is 0. The lowest BCUT2D eigenvalue weighted by Crippen LogP contribution is -2.34. The first kappa shape index (κ1) is 14.9. The van der Waals surface area contributed by atoms with Gasteiger partial charge in [0.1, 0.15) is 5.75 Å². The zero-order valence-corrected chi connectivity index (χ0v) is 12.2. The largest absolute Gasteiger partial charge is 0.493 e. The topological polar surface area (TPSA) is 41.6 Å². The maximum absolute atomic E-state index is 12.1. The number of aryl methyl sites for hydroxylation is 1. The van der Waals surface area contributed by atoms with Gasteiger partial charge >= 0.3 is 0 Å². The molecular formula is C16H24N2O2. The lowest BCUT2D eigenvalue weighted by atomic mass is 10.2. The average Bonchev–Trinajstić information content (AvgIpc) is 2.74. The molecule has 1 fully saturated rings. The molecule has 0 unspecified atom stereocenters. The van der Waals surface area contributed by atoms with Crippen molar-refractivity contribution in [3.8, 4) is 5.75 Å². The van der Waals surface area contributed by atoms with Gasteiger partial charge in [0, 0.05) is 26.1 Å². The summed E-state index contributed by atoms with van der Waals surface area (Å²) in [6.45, 7) is 6.26. The molecule has 1 aliphatic heterocycles. The van der Waals surface area contributed by atoms with Gasteiger partial charge in [-0.1, -0.05) is 18.2 Å². The van der Waals surface area contributed by atoms with Crippen LogP contribution in [0.3, 0.4) is 0 Å². The predicted octanol–water partition coefficient (Wildman–Crippen LogP) is 1.98. The van der Waals surface area contributed by atoms with Crippen LogP contribution in [-0.4, -0.2) is 43.6 Å². The number of carbonyl (C=O) groups excluding carboxylic acids is 1. The number of hydrogen-bond donors (Lipinski definition) is 1. The molecule has 0 aromatic heterocycles. The van der Waals surface area contributed by atoms with Crippen molar-refractivity contribution in [1.82, 2.24) is 10.2 Å². The van der Waals surface area contributed by atoms with Crippen LogP contribution in [0, 0.1) is 6.92 Å². The fourth-order valence-corrected chi connectivity index (χ4v) is 2.38. The van der Waals surface area contributed by atoms with Crippen LogP contribution in [0.25, 0.3) is 0 Å². The van der Waals surface area contributed by atoms with Crippen LogP contribution in [0.15, 0.2) is 24.3 Å². The van der Waals surface area contributed by atoms with Crippen LogP contribution >= 0.6 is 0 Å². The highest BCUT2D eigenvalue weighted by Gasteiger charge is 2.14. The molecular weight excluding hydrogens is 252 g/mol. The van der Waals surface area contributed by atoms with Gasteiger partial charge in [0.2, 0.25) is 5.91 Å². The molecule has 1 N–H and O–H groups in total. The third-order valence-corrected chi connectivity index (χ3v) is 3.58. The molecule has 4 heteroatoms. The van der Waals surface area contributed by atoms with E-state index in [2.05, 4.69) is 5.32 Å². The van der Waals surface area contributed by atoms with Gasteiger partial charge < -0.3 is 15.0 Å². The zero-order chi connectivity index (χ0) is 14.2. The molecule has 0 aliphatic carbocycles. The molecule has 1 amide bonds. The second-order valence-electron chi connectivity index (χ2n) is 5.20. The molecule has 4 nitrogen and oxygen atoms in total. The van der Waals surface area contributed by atoms with E-state index >= 15 is 0 Å². The van der Waals surface area contributed by atoms with Crippen LogP contribution < -0.4 is 10.1 Å². The van der Waals surface area contributed by atoms with E-state index in [1.54, 1.807) is 0 Å². The lowest BCUT2D eigenvalue weighted by Gasteiger charge is -2.19. The maximum Gasteiger partial charge on any atom is 0.222 e. The molecule has 1 saturated heterocycles. The fourth-order valence-electron chi connectivity index (χ4n) is 2.38. The molecule has 110 valence electrons. The van der Waals surface area contributed by atoms with Gasteiger partial charge in [-0.3, -0.25) is 4.79 Å². The Balaban J connectivity index is 1.67. The van der Waals surface area contributed by atoms with Gasteiger partial charge in [-0.15, -0.1) is 0 Å². The molecule has 1 aromatic carbocycles. The summed E-state index contributed by atoms with van der Waals surface area (Å²) in [5.74, 6) is 1.17. The van der Waals surface area contributed by atoms with E-state index in [4.69, 9.17) is 4.74 Å². The quantitative estimate of drug-likeness (QED) is 0.836. The van der Waals surface area contributed by atoms with E-state index < -0.39 is 0 Å². The smallest absolute Gasteiger partial charge is 0.222 e. The van der Waals surface area contributed by atoms with Crippen molar-refractivity contribution >= 4 is 5.91 Å². The minimum absolute atomic E-state index is 0.252. The molecule has 0 spiro atoms. The minimum atomic E-state index is 0.252. The van der Waals surface area contributed by atoms with E-state index in [0.29, 0.717) is 13.0 Å². The van der Waals surface area contributed by atoms with Gasteiger partial charge in [-0.2, -0.15) is 0 Å². The van der Waals surface area contributed by atoms with Crippen molar-refractivity contribution in [3.63, 3.8) is 0 Å². The third kappa shape index (κ3) is 4.53. The van der Waals surface area contributed by atoms with E-state index in [1.807, 2.05) is 36.1 Å². The van der Waals surface area contributed by atoms with Crippen molar-refractivity contribution in [1.29, 1.82) is 0 Å². The average molecular weight is 276 g/mol. The predicted molar refractivity (Wildman–Crippen MR) is 80.0 cm³/mol. The van der Waals surface area contributed by atoms with Crippen molar-refractivity contribution in [3.05, 3.63) is 29.8 Å². The molecule has 2 rings (SSSR count). The number of nitrogens with zero attached hydrogens (tertiary/aromatic N) is 1. The third-order valence-electron chi connectivity index (χ3n) is 3.58. The van der Waals surface area contributed by atoms with Crippen LogP contribution in [0.5, 0.6) is 5.75 Å². The molecule has 1 heterocycles. The second-order valence-corrected chi connectivity index (χ2v) is 5.20. The number of rotatable bonds is 5. The Hall–Kier alpha value is -1.55. The fraction of sp³-hybridized carbons (Fsp3) is 0.562. The summed E-state index contributed by atoms with van der Waals surface area (Å²) >= 11 is 0. The summed E-state index contributed by atoms with van der Waals surface area (Å²) in [4.78, 5) is 14.0. The van der Waals surface area contributed by atoms with Gasteiger partial charge in [-0.05, 0) is 37.9 Å². The van der Waals surface area contributed by atoms with E-state index in [-0.39, 0.29) is 5.91 Å². The first-order valence-corrected chi connectivity index (χ1v) is 7.44. The molecule has 1 aliphatic rings. The zero-order valence-electron chi connectivity index (χ0n) is 12.2. The Morgan fingerprint density at radius 1 is 1.30 bits per heavy atom. The Labute approximate surface area is 121 Å². The first-order chi connectivity index (χ1) is 9.77. The molecule has 20 heavy (non-hydrogen) atoms. The lowest BCUT2D eigenvalue weighted by molar-refractivity contribution is -0.131. The van der Waals surface area contributed by atoms with E-state index in [0.717, 1.165) is 50.3 Å². The highest BCUT2D eigenvalue weighted by atomic mass is 16.5. The Bertz CT molecular complexity index is 426. The molecule has 1 aromatic rings. The maximum atomic E-state index is 12.1. The molecule has 0 radical (unpaired) electrons. The Kier molecular flexibility index (Phi) is 5.87. The van der Waals surface area contributed by atoms with Crippen LogP contribution in [0.2, 0.25) is 0 Å². The van der Waals surface area contributed by atoms with Gasteiger partial charge in [0.15, 0.2) is 0 Å². The number of hydrogen-bond acceptors (Lipinski definition) is 3. The van der Waals surface area contributed by atoms with Crippen molar-refractivity contribution in [2.24, 2.45) is 0 Å². The number of amides is 1. The number of carbonyl (C=O) groups is 1. The highest BCUT2D eigenvalue weighted by Crippen LogP contribution is 2.16. The van der Waals surface area contributed by atoms with E-state index in [1.165, 1.54) is 0 Å². The molecule has 0 bridgehead atoms. The van der Waals surface area contributed by atoms with Crippen LogP contribution in [0.4, 0.5) is 0 Å². The monoisotopic (exact) mass is 276 g/mol. The second kappa shape index (κ2) is 7.90. The van der Waals surface area contributed by atoms with Crippen LogP contribution in [-0.2, 0) is 4.79 Å². The minimum Gasteiger partial charge on any atom is -0.493 e. The van der Waals surface area contributed by atoms with Gasteiger partial charge in [0.05, 0.1) is 6.61 Å². The molecule has 0 atom stereocenters. The summed E-state index contributed by atoms with van der Waals surface area (Å²) < 4.78 is 5.72. The SMILES string of the molecule is Cc1ccccc1OCCCC(=O)N1CCCNCC1. The summed E-state index contributed by atoms with van der Waals surface area (Å²) in [5, 5.41) is 3.31.